The lowest BCUT2D eigenvalue weighted by molar-refractivity contribution is 0.572. The molecule has 0 saturated heterocycles. The van der Waals surface area contributed by atoms with Crippen LogP contribution in [-0.2, 0) is 0 Å². The number of aromatic nitrogens is 1. The first kappa shape index (κ1) is 18.7. The molecular weight excluding hydrogens is 456 g/mol. The van der Waals surface area contributed by atoms with Crippen LogP contribution in [-0.4, -0.2) is 4.98 Å². The van der Waals surface area contributed by atoms with Gasteiger partial charge in [0.05, 0.1) is 11.3 Å². The highest BCUT2D eigenvalue weighted by Crippen LogP contribution is 2.30. The summed E-state index contributed by atoms with van der Waals surface area (Å²) in [4.78, 5) is 4.61. The van der Waals surface area contributed by atoms with Gasteiger partial charge >= 0.3 is 0 Å². The molecule has 0 spiro atoms. The highest BCUT2D eigenvalue weighted by atomic mass is 79.9. The number of hydrogen-bond acceptors (Lipinski definition) is 4. The van der Waals surface area contributed by atoms with Crippen molar-refractivity contribution in [1.82, 2.24) is 4.98 Å². The fourth-order valence-electron chi connectivity index (χ4n) is 2.66. The summed E-state index contributed by atoms with van der Waals surface area (Å²) in [5.41, 5.74) is 3.19. The monoisotopic (exact) mass is 466 g/mol. The average Bonchev–Trinajstić information content (AvgIpc) is 3.37. The first-order valence-electron chi connectivity index (χ1n) is 8.32. The second-order valence-corrected chi connectivity index (χ2v) is 8.14. The van der Waals surface area contributed by atoms with Gasteiger partial charge in [0.2, 0.25) is 0 Å². The van der Waals surface area contributed by atoms with Gasteiger partial charge in [0.25, 0.3) is 0 Å². The minimum absolute atomic E-state index is 0.459. The predicted octanol–water partition coefficient (Wildman–Crippen LogP) is 7.55. The molecule has 0 aliphatic heterocycles. The van der Waals surface area contributed by atoms with E-state index in [4.69, 9.17) is 16.0 Å². The van der Waals surface area contributed by atoms with Gasteiger partial charge in [-0.25, -0.2) is 4.98 Å². The summed E-state index contributed by atoms with van der Waals surface area (Å²) in [6.45, 7) is 0. The van der Waals surface area contributed by atoms with E-state index in [0.29, 0.717) is 27.1 Å². The molecule has 4 aromatic rings. The maximum atomic E-state index is 9.60. The van der Waals surface area contributed by atoms with Crippen molar-refractivity contribution in [3.05, 3.63) is 86.3 Å². The van der Waals surface area contributed by atoms with Crippen molar-refractivity contribution >= 4 is 50.5 Å². The zero-order valence-corrected chi connectivity index (χ0v) is 17.6. The zero-order chi connectivity index (χ0) is 19.5. The Bertz CT molecular complexity index is 1200. The van der Waals surface area contributed by atoms with Gasteiger partial charge in [0.1, 0.15) is 22.6 Å². The Morgan fingerprint density at radius 1 is 1.11 bits per heavy atom. The van der Waals surface area contributed by atoms with E-state index in [0.717, 1.165) is 21.3 Å². The van der Waals surface area contributed by atoms with E-state index in [9.17, 15) is 5.26 Å². The largest absolute Gasteiger partial charge is 0.457 e. The number of rotatable bonds is 4. The number of nitriles is 1. The summed E-state index contributed by atoms with van der Waals surface area (Å²) in [7, 11) is 0. The van der Waals surface area contributed by atoms with Crippen LogP contribution in [0.2, 0.25) is 5.02 Å². The quantitative estimate of drug-likeness (QED) is 0.291. The average molecular weight is 468 g/mol. The standard InChI is InChI=1S/C22H12BrClN2OS/c23-17-6-4-14(5-7-17)20-13-28-22(26-20)16(12-25)11-19-8-9-21(27-19)15-2-1-3-18(24)10-15/h1-11,13H. The number of nitrogens with zero attached hydrogens (tertiary/aromatic N) is 2. The van der Waals surface area contributed by atoms with Crippen molar-refractivity contribution in [2.45, 2.75) is 0 Å². The maximum Gasteiger partial charge on any atom is 0.134 e. The Hall–Kier alpha value is -2.65. The molecule has 4 rings (SSSR count). The summed E-state index contributed by atoms with van der Waals surface area (Å²) in [6.07, 6.45) is 1.71. The number of benzene rings is 2. The van der Waals surface area contributed by atoms with Crippen LogP contribution in [0, 0.1) is 11.3 Å². The zero-order valence-electron chi connectivity index (χ0n) is 14.4. The van der Waals surface area contributed by atoms with Gasteiger partial charge in [-0.05, 0) is 36.4 Å². The molecule has 0 amide bonds. The summed E-state index contributed by atoms with van der Waals surface area (Å²) < 4.78 is 6.88. The second-order valence-electron chi connectivity index (χ2n) is 5.93. The van der Waals surface area contributed by atoms with Gasteiger partial charge in [-0.15, -0.1) is 11.3 Å². The molecule has 0 atom stereocenters. The van der Waals surface area contributed by atoms with Gasteiger partial charge < -0.3 is 4.42 Å². The third-order valence-electron chi connectivity index (χ3n) is 4.02. The van der Waals surface area contributed by atoms with Crippen molar-refractivity contribution in [1.29, 1.82) is 5.26 Å². The van der Waals surface area contributed by atoms with Crippen LogP contribution < -0.4 is 0 Å². The van der Waals surface area contributed by atoms with Crippen molar-refractivity contribution in [2.75, 3.05) is 0 Å². The lowest BCUT2D eigenvalue weighted by atomic mass is 10.2. The fraction of sp³-hybridized carbons (Fsp3) is 0. The molecule has 0 aliphatic rings. The van der Waals surface area contributed by atoms with Crippen molar-refractivity contribution in [3.63, 3.8) is 0 Å². The Morgan fingerprint density at radius 2 is 1.93 bits per heavy atom. The van der Waals surface area contributed by atoms with Gasteiger partial charge in [-0.1, -0.05) is 51.8 Å². The number of furan rings is 1. The van der Waals surface area contributed by atoms with Crippen LogP contribution in [0.15, 0.2) is 74.9 Å². The normalized spacial score (nSPS) is 11.4. The summed E-state index contributed by atoms with van der Waals surface area (Å²) in [5.74, 6) is 1.28. The predicted molar refractivity (Wildman–Crippen MR) is 118 cm³/mol. The van der Waals surface area contributed by atoms with Crippen molar-refractivity contribution < 1.29 is 4.42 Å². The van der Waals surface area contributed by atoms with Crippen LogP contribution in [0.1, 0.15) is 10.8 Å². The molecular formula is C22H12BrClN2OS. The van der Waals surface area contributed by atoms with Crippen LogP contribution in [0.4, 0.5) is 0 Å². The molecule has 2 aromatic carbocycles. The molecule has 2 heterocycles. The van der Waals surface area contributed by atoms with E-state index in [2.05, 4.69) is 27.0 Å². The third-order valence-corrected chi connectivity index (χ3v) is 5.66. The lowest BCUT2D eigenvalue weighted by Crippen LogP contribution is -1.82. The van der Waals surface area contributed by atoms with Crippen molar-refractivity contribution in [3.8, 4) is 28.7 Å². The molecule has 28 heavy (non-hydrogen) atoms. The van der Waals surface area contributed by atoms with Gasteiger partial charge in [0.15, 0.2) is 0 Å². The minimum Gasteiger partial charge on any atom is -0.457 e. The maximum absolute atomic E-state index is 9.60. The van der Waals surface area contributed by atoms with E-state index >= 15 is 0 Å². The Labute approximate surface area is 179 Å². The van der Waals surface area contributed by atoms with E-state index in [1.54, 1.807) is 6.08 Å². The molecule has 0 fully saturated rings. The first-order chi connectivity index (χ1) is 13.6. The Kier molecular flexibility index (Phi) is 5.45. The van der Waals surface area contributed by atoms with E-state index < -0.39 is 0 Å². The smallest absolute Gasteiger partial charge is 0.134 e. The van der Waals surface area contributed by atoms with Gasteiger partial charge in [0, 0.05) is 32.1 Å². The second kappa shape index (κ2) is 8.15. The molecule has 6 heteroatoms. The molecule has 0 saturated carbocycles. The number of thiazole rings is 1. The van der Waals surface area contributed by atoms with Crippen LogP contribution in [0.25, 0.3) is 34.2 Å². The number of allylic oxidation sites excluding steroid dienone is 1. The Morgan fingerprint density at radius 3 is 2.68 bits per heavy atom. The number of hydrogen-bond donors (Lipinski definition) is 0. The van der Waals surface area contributed by atoms with E-state index in [1.165, 1.54) is 11.3 Å². The van der Waals surface area contributed by atoms with Crippen LogP contribution in [0.5, 0.6) is 0 Å². The van der Waals surface area contributed by atoms with E-state index in [1.807, 2.05) is 66.0 Å². The molecule has 0 bridgehead atoms. The van der Waals surface area contributed by atoms with Gasteiger partial charge in [-0.3, -0.25) is 0 Å². The minimum atomic E-state index is 0.459. The SMILES string of the molecule is N#CC(=Cc1ccc(-c2cccc(Cl)c2)o1)c1nc(-c2ccc(Br)cc2)cs1. The topological polar surface area (TPSA) is 49.8 Å². The summed E-state index contributed by atoms with van der Waals surface area (Å²) in [5, 5.41) is 12.8. The fourth-order valence-corrected chi connectivity index (χ4v) is 3.91. The Balaban J connectivity index is 1.62. The molecule has 0 radical (unpaired) electrons. The molecule has 3 nitrogen and oxygen atoms in total. The lowest BCUT2D eigenvalue weighted by Gasteiger charge is -1.97. The highest BCUT2D eigenvalue weighted by Gasteiger charge is 2.11. The molecule has 2 aromatic heterocycles. The molecule has 0 unspecified atom stereocenters. The van der Waals surface area contributed by atoms with Crippen LogP contribution >= 0.6 is 38.9 Å². The van der Waals surface area contributed by atoms with Crippen LogP contribution in [0.3, 0.4) is 0 Å². The molecule has 0 aliphatic carbocycles. The summed E-state index contributed by atoms with van der Waals surface area (Å²) in [6, 6.07) is 21.3. The number of halogens is 2. The summed E-state index contributed by atoms with van der Waals surface area (Å²) >= 11 is 10.9. The molecule has 0 N–H and O–H groups in total. The first-order valence-corrected chi connectivity index (χ1v) is 10.4. The van der Waals surface area contributed by atoms with Crippen molar-refractivity contribution in [2.24, 2.45) is 0 Å². The van der Waals surface area contributed by atoms with E-state index in [-0.39, 0.29) is 0 Å². The third kappa shape index (κ3) is 4.10. The van der Waals surface area contributed by atoms with Gasteiger partial charge in [-0.2, -0.15) is 5.26 Å². The highest BCUT2D eigenvalue weighted by molar-refractivity contribution is 9.10. The molecule has 136 valence electrons.